The molecule has 0 radical (unpaired) electrons. The van der Waals surface area contributed by atoms with Gasteiger partial charge in [-0.2, -0.15) is 0 Å². The van der Waals surface area contributed by atoms with E-state index in [4.69, 9.17) is 14.9 Å². The van der Waals surface area contributed by atoms with Gasteiger partial charge in [0.15, 0.2) is 5.79 Å². The normalized spacial score (nSPS) is 46.3. The Balaban J connectivity index is 2.69. The van der Waals surface area contributed by atoms with Gasteiger partial charge in [-0.15, -0.1) is 0 Å². The Bertz CT molecular complexity index is 196. The van der Waals surface area contributed by atoms with Crippen LogP contribution in [0.25, 0.3) is 0 Å². The first kappa shape index (κ1) is 11.8. The molecule has 1 aliphatic rings. The molecule has 1 saturated heterocycles. The molecule has 0 aromatic heterocycles. The van der Waals surface area contributed by atoms with Crippen LogP contribution >= 0.6 is 0 Å². The van der Waals surface area contributed by atoms with E-state index < -0.39 is 30.2 Å². The fraction of sp³-hybridized carbons (Fsp3) is 1.00. The molecule has 1 unspecified atom stereocenters. The number of hydrogen-bond donors (Lipinski definition) is 5. The summed E-state index contributed by atoms with van der Waals surface area (Å²) in [5.74, 6) is -1.99. The van der Waals surface area contributed by atoms with E-state index >= 15 is 0 Å². The van der Waals surface area contributed by atoms with Gasteiger partial charge in [0.2, 0.25) is 0 Å². The molecule has 1 aliphatic heterocycles. The van der Waals surface area contributed by atoms with E-state index in [1.165, 1.54) is 6.92 Å². The molecule has 6 heteroatoms. The van der Waals surface area contributed by atoms with Crippen LogP contribution in [0, 0.1) is 0 Å². The van der Waals surface area contributed by atoms with E-state index in [1.807, 2.05) is 0 Å². The topological polar surface area (TPSA) is 110 Å². The first-order valence-electron chi connectivity index (χ1n) is 4.45. The summed E-state index contributed by atoms with van der Waals surface area (Å²) in [5, 5.41) is 46.5. The van der Waals surface area contributed by atoms with Gasteiger partial charge in [0.25, 0.3) is 0 Å². The number of aliphatic hydroxyl groups excluding tert-OH is 4. The van der Waals surface area contributed by atoms with Gasteiger partial charge in [-0.3, -0.25) is 0 Å². The third kappa shape index (κ3) is 2.22. The molecular formula is C8H16O6. The second-order valence-electron chi connectivity index (χ2n) is 3.71. The first-order chi connectivity index (χ1) is 6.37. The summed E-state index contributed by atoms with van der Waals surface area (Å²) in [4.78, 5) is 0. The van der Waals surface area contributed by atoms with Crippen LogP contribution in [0.1, 0.15) is 13.3 Å². The van der Waals surface area contributed by atoms with Crippen LogP contribution in [-0.4, -0.2) is 62.3 Å². The largest absolute Gasteiger partial charge is 0.393 e. The van der Waals surface area contributed by atoms with Crippen molar-refractivity contribution in [3.05, 3.63) is 0 Å². The molecule has 84 valence electrons. The summed E-state index contributed by atoms with van der Waals surface area (Å²) in [7, 11) is 0. The summed E-state index contributed by atoms with van der Waals surface area (Å²) in [6.45, 7) is 1.15. The minimum atomic E-state index is -1.99. The van der Waals surface area contributed by atoms with Crippen molar-refractivity contribution in [3.63, 3.8) is 0 Å². The Hall–Kier alpha value is -0.240. The predicted octanol–water partition coefficient (Wildman–Crippen LogP) is -2.44. The highest BCUT2D eigenvalue weighted by molar-refractivity contribution is 4.92. The molecule has 6 nitrogen and oxygen atoms in total. The van der Waals surface area contributed by atoms with Crippen molar-refractivity contribution < 1.29 is 30.3 Å². The smallest absolute Gasteiger partial charge is 0.197 e. The Morgan fingerprint density at radius 3 is 2.50 bits per heavy atom. The average Bonchev–Trinajstić information content (AvgIpc) is 2.08. The lowest BCUT2D eigenvalue weighted by Gasteiger charge is -2.42. The minimum Gasteiger partial charge on any atom is -0.393 e. The molecule has 5 atom stereocenters. The number of aliphatic hydroxyl groups is 5. The highest BCUT2D eigenvalue weighted by Gasteiger charge is 2.48. The van der Waals surface area contributed by atoms with Crippen LogP contribution in [-0.2, 0) is 4.74 Å². The lowest BCUT2D eigenvalue weighted by atomic mass is 9.93. The zero-order valence-corrected chi connectivity index (χ0v) is 7.87. The van der Waals surface area contributed by atoms with Crippen molar-refractivity contribution in [1.82, 2.24) is 0 Å². The van der Waals surface area contributed by atoms with Gasteiger partial charge in [0, 0.05) is 6.42 Å². The van der Waals surface area contributed by atoms with E-state index in [9.17, 15) is 15.3 Å². The lowest BCUT2D eigenvalue weighted by molar-refractivity contribution is -0.328. The third-order valence-corrected chi connectivity index (χ3v) is 2.27. The van der Waals surface area contributed by atoms with Gasteiger partial charge in [0.1, 0.15) is 18.3 Å². The first-order valence-corrected chi connectivity index (χ1v) is 4.45. The van der Waals surface area contributed by atoms with Crippen LogP contribution in [0.2, 0.25) is 0 Å². The maximum Gasteiger partial charge on any atom is 0.197 e. The number of ether oxygens (including phenoxy) is 1. The summed E-state index contributed by atoms with van der Waals surface area (Å²) in [5.41, 5.74) is 0. The second-order valence-corrected chi connectivity index (χ2v) is 3.71. The zero-order chi connectivity index (χ0) is 10.9. The zero-order valence-electron chi connectivity index (χ0n) is 7.87. The SMILES string of the molecule is CC(O)C[C@@]1(O)OC[C@@H](O)[C@H](O)[C@H]1O. The van der Waals surface area contributed by atoms with Crippen molar-refractivity contribution in [2.45, 2.75) is 43.5 Å². The number of hydrogen-bond acceptors (Lipinski definition) is 6. The Kier molecular flexibility index (Phi) is 3.46. The van der Waals surface area contributed by atoms with Crippen molar-refractivity contribution in [2.75, 3.05) is 6.61 Å². The molecule has 14 heavy (non-hydrogen) atoms. The molecule has 1 heterocycles. The highest BCUT2D eigenvalue weighted by atomic mass is 16.6. The second kappa shape index (κ2) is 4.09. The summed E-state index contributed by atoms with van der Waals surface area (Å²) >= 11 is 0. The summed E-state index contributed by atoms with van der Waals surface area (Å²) in [6.07, 6.45) is -5.41. The van der Waals surface area contributed by atoms with Crippen molar-refractivity contribution >= 4 is 0 Å². The predicted molar refractivity (Wildman–Crippen MR) is 45.2 cm³/mol. The number of rotatable bonds is 2. The van der Waals surface area contributed by atoms with E-state index in [2.05, 4.69) is 0 Å². The average molecular weight is 208 g/mol. The van der Waals surface area contributed by atoms with Gasteiger partial charge in [-0.25, -0.2) is 0 Å². The van der Waals surface area contributed by atoms with E-state index in [1.54, 1.807) is 0 Å². The molecule has 1 rings (SSSR count). The molecule has 0 spiro atoms. The minimum absolute atomic E-state index is 0.224. The molecule has 0 saturated carbocycles. The Morgan fingerprint density at radius 2 is 2.00 bits per heavy atom. The molecule has 5 N–H and O–H groups in total. The van der Waals surface area contributed by atoms with Gasteiger partial charge >= 0.3 is 0 Å². The molecule has 0 amide bonds. The molecule has 0 bridgehead atoms. The molecule has 0 aliphatic carbocycles. The molecule has 0 aromatic carbocycles. The van der Waals surface area contributed by atoms with E-state index in [0.29, 0.717) is 0 Å². The van der Waals surface area contributed by atoms with E-state index in [0.717, 1.165) is 0 Å². The molecular weight excluding hydrogens is 192 g/mol. The van der Waals surface area contributed by atoms with Crippen LogP contribution in [0.4, 0.5) is 0 Å². The summed E-state index contributed by atoms with van der Waals surface area (Å²) < 4.78 is 4.81. The van der Waals surface area contributed by atoms with Crippen LogP contribution in [0.15, 0.2) is 0 Å². The fourth-order valence-electron chi connectivity index (χ4n) is 1.49. The van der Waals surface area contributed by atoms with Crippen LogP contribution in [0.5, 0.6) is 0 Å². The lowest BCUT2D eigenvalue weighted by Crippen LogP contribution is -2.61. The van der Waals surface area contributed by atoms with Crippen molar-refractivity contribution in [3.8, 4) is 0 Å². The molecule has 1 fully saturated rings. The van der Waals surface area contributed by atoms with Crippen LogP contribution < -0.4 is 0 Å². The van der Waals surface area contributed by atoms with Gasteiger partial charge in [0.05, 0.1) is 12.7 Å². The summed E-state index contributed by atoms with van der Waals surface area (Å²) in [6, 6.07) is 0. The third-order valence-electron chi connectivity index (χ3n) is 2.27. The van der Waals surface area contributed by atoms with Crippen molar-refractivity contribution in [2.24, 2.45) is 0 Å². The van der Waals surface area contributed by atoms with Crippen molar-refractivity contribution in [1.29, 1.82) is 0 Å². The van der Waals surface area contributed by atoms with E-state index in [-0.39, 0.29) is 13.0 Å². The molecule has 0 aromatic rings. The monoisotopic (exact) mass is 208 g/mol. The quantitative estimate of drug-likeness (QED) is 0.345. The Morgan fingerprint density at radius 1 is 1.43 bits per heavy atom. The van der Waals surface area contributed by atoms with Gasteiger partial charge < -0.3 is 30.3 Å². The maximum atomic E-state index is 9.70. The fourth-order valence-corrected chi connectivity index (χ4v) is 1.49. The standard InChI is InChI=1S/C8H16O6/c1-4(9)2-8(13)7(12)6(11)5(10)3-14-8/h4-7,9-13H,2-3H2,1H3/t4?,5-,6+,7-,8-/m1/s1. The van der Waals surface area contributed by atoms with Gasteiger partial charge in [-0.1, -0.05) is 0 Å². The highest BCUT2D eigenvalue weighted by Crippen LogP contribution is 2.27. The van der Waals surface area contributed by atoms with Crippen LogP contribution in [0.3, 0.4) is 0 Å². The Labute approximate surface area is 81.4 Å². The maximum absolute atomic E-state index is 9.70. The van der Waals surface area contributed by atoms with Gasteiger partial charge in [-0.05, 0) is 6.92 Å².